The molecule has 0 bridgehead atoms. The minimum absolute atomic E-state index is 0. The van der Waals surface area contributed by atoms with Crippen LogP contribution in [0.25, 0.3) is 0 Å². The molecular formula is Al2Ca2Na2O21S3Si3. The van der Waals surface area contributed by atoms with Crippen LogP contribution < -0.4 is 87.9 Å². The van der Waals surface area contributed by atoms with Crippen LogP contribution in [0.1, 0.15) is 0 Å². The Bertz CT molecular complexity index is 586. The van der Waals surface area contributed by atoms with Gasteiger partial charge in [-0.3, -0.25) is 25.3 Å². The molecule has 0 heterocycles. The van der Waals surface area contributed by atoms with Gasteiger partial charge in [0.2, 0.25) is 0 Å². The molecule has 0 spiro atoms. The van der Waals surface area contributed by atoms with Crippen LogP contribution in [0.2, 0.25) is 0 Å². The van der Waals surface area contributed by atoms with E-state index in [-0.39, 0.29) is 169 Å². The molecule has 0 saturated carbocycles. The van der Waals surface area contributed by atoms with E-state index >= 15 is 0 Å². The van der Waals surface area contributed by atoms with Crippen LogP contribution in [0.15, 0.2) is 0 Å². The van der Waals surface area contributed by atoms with Crippen LogP contribution in [-0.4, -0.2) is 190 Å². The van der Waals surface area contributed by atoms with Crippen molar-refractivity contribution >= 4 is 169 Å². The average Bonchev–Trinajstić information content (AvgIpc) is 2.01. The van der Waals surface area contributed by atoms with Crippen molar-refractivity contribution in [3.8, 4) is 0 Å². The fourth-order valence-corrected chi connectivity index (χ4v) is 0. The van der Waals surface area contributed by atoms with Crippen LogP contribution >= 0.6 is 0 Å². The molecule has 0 amide bonds. The molecule has 0 atom stereocenters. The van der Waals surface area contributed by atoms with Gasteiger partial charge < -0.3 is 69.5 Å². The third-order valence-corrected chi connectivity index (χ3v) is 0. The second kappa shape index (κ2) is 45.9. The maximum atomic E-state index is 8.52. The van der Waals surface area contributed by atoms with Gasteiger partial charge in [-0.1, -0.05) is 0 Å². The van der Waals surface area contributed by atoms with E-state index < -0.39 is 58.7 Å². The predicted octanol–water partition coefficient (Wildman–Crippen LogP) is -20.2. The Hall–Kier alpha value is 4.05. The van der Waals surface area contributed by atoms with Gasteiger partial charge in [-0.25, -0.2) is 0 Å². The van der Waals surface area contributed by atoms with Crippen molar-refractivity contribution in [1.29, 1.82) is 0 Å². The van der Waals surface area contributed by atoms with Crippen molar-refractivity contribution in [3.05, 3.63) is 0 Å². The Morgan fingerprint density at radius 3 is 0.394 bits per heavy atom. The summed E-state index contributed by atoms with van der Waals surface area (Å²) in [7, 11) is -26.4. The zero-order valence-corrected chi connectivity index (χ0v) is 32.0. The van der Waals surface area contributed by atoms with Crippen LogP contribution in [0.5, 0.6) is 0 Å². The Labute approximate surface area is 316 Å². The van der Waals surface area contributed by atoms with Gasteiger partial charge in [-0.15, -0.1) is 0 Å². The van der Waals surface area contributed by atoms with Crippen molar-refractivity contribution in [2.24, 2.45) is 0 Å². The maximum absolute atomic E-state index is 8.52. The third-order valence-electron chi connectivity index (χ3n) is 0. The van der Waals surface area contributed by atoms with Crippen molar-refractivity contribution in [2.45, 2.75) is 0 Å². The first kappa shape index (κ1) is 76.7. The molecule has 0 aromatic rings. The summed E-state index contributed by atoms with van der Waals surface area (Å²) < 4.78 is 128. The van der Waals surface area contributed by atoms with E-state index in [9.17, 15) is 0 Å². The summed E-state index contributed by atoms with van der Waals surface area (Å²) in [5.41, 5.74) is 0. The van der Waals surface area contributed by atoms with E-state index in [1.807, 2.05) is 0 Å². The molecule has 0 aromatic carbocycles. The molecule has 0 saturated heterocycles. The van der Waals surface area contributed by atoms with E-state index in [0.717, 1.165) is 0 Å². The molecule has 0 N–H and O–H groups in total. The van der Waals surface area contributed by atoms with Gasteiger partial charge in [0.15, 0.2) is 0 Å². The molecule has 0 rings (SSSR count). The van der Waals surface area contributed by atoms with Crippen LogP contribution in [0.3, 0.4) is 0 Å². The summed E-state index contributed by atoms with van der Waals surface area (Å²) in [5, 5.41) is 0. The van der Waals surface area contributed by atoms with Crippen LogP contribution in [0.4, 0.5) is 0 Å². The Balaban J connectivity index is -0.0000000155. The second-order valence-electron chi connectivity index (χ2n) is 1.97. The van der Waals surface area contributed by atoms with E-state index in [2.05, 4.69) is 0 Å². The Kier molecular flexibility index (Phi) is 107. The first-order valence-electron chi connectivity index (χ1n) is 3.84. The van der Waals surface area contributed by atoms with E-state index in [4.69, 9.17) is 94.7 Å². The van der Waals surface area contributed by atoms with Crippen molar-refractivity contribution in [3.63, 3.8) is 0 Å². The molecule has 33 heteroatoms. The number of rotatable bonds is 0. The maximum Gasteiger partial charge on any atom is 3.00 e. The first-order valence-corrected chi connectivity index (χ1v) is 11.5. The summed E-state index contributed by atoms with van der Waals surface area (Å²) in [5.74, 6) is 0. The SMILES string of the molecule is O=S(=O)([O-])[O-].O=S(=O)([O-])[O-].O=S(=O)([O-])[O-].O=[Si]([O-])[O-].O=[Si]([O-])[O-].O=[Si]([O-])[O-].[Al+3].[Al+3].[Ca+2].[Ca+2].[Na+].[Na+]. The van der Waals surface area contributed by atoms with Gasteiger partial charge in [0, 0.05) is 58.7 Å². The van der Waals surface area contributed by atoms with Gasteiger partial charge in [0.05, 0.1) is 0 Å². The van der Waals surface area contributed by atoms with Gasteiger partial charge in [0.25, 0.3) is 0 Å². The molecule has 33 heavy (non-hydrogen) atoms. The van der Waals surface area contributed by atoms with Crippen LogP contribution in [0, 0.1) is 0 Å². The topological polar surface area (TPSA) is 430 Å². The number of hydrogen-bond acceptors (Lipinski definition) is 21. The van der Waals surface area contributed by atoms with Gasteiger partial charge >= 0.3 is 169 Å². The standard InChI is InChI=1S/2Al.2Ca.2Na.3H2O4S.3O3Si/c;;;;;;3*1-5(2,3)4;3*1-4(2)3/h;;;;;;3*(H2,1,2,3,4);;;/q2*+3;2*+2;2*+1;;;;3*-2/p-6. The third kappa shape index (κ3) is 2550. The summed E-state index contributed by atoms with van der Waals surface area (Å²) in [6, 6.07) is 0. The van der Waals surface area contributed by atoms with Crippen molar-refractivity contribution in [2.75, 3.05) is 0 Å². The molecule has 0 unspecified atom stereocenters. The van der Waals surface area contributed by atoms with E-state index in [1.54, 1.807) is 0 Å². The van der Waals surface area contributed by atoms with E-state index in [1.165, 1.54) is 0 Å². The smallest absolute Gasteiger partial charge is 0.759 e. The predicted molar refractivity (Wildman–Crippen MR) is 73.8 cm³/mol. The summed E-state index contributed by atoms with van der Waals surface area (Å²) in [4.78, 5) is 51.1. The van der Waals surface area contributed by atoms with E-state index in [0.29, 0.717) is 0 Å². The summed E-state index contributed by atoms with van der Waals surface area (Å²) >= 11 is 0. The van der Waals surface area contributed by atoms with Crippen molar-refractivity contribution in [1.82, 2.24) is 0 Å². The summed E-state index contributed by atoms with van der Waals surface area (Å²) in [6.07, 6.45) is 0. The minimum Gasteiger partial charge on any atom is -0.759 e. The Morgan fingerprint density at radius 2 is 0.394 bits per heavy atom. The first-order chi connectivity index (χ1) is 11.2. The van der Waals surface area contributed by atoms with Gasteiger partial charge in [0.1, 0.15) is 0 Å². The van der Waals surface area contributed by atoms with Crippen molar-refractivity contribution < 1.29 is 154 Å². The zero-order valence-electron chi connectivity index (χ0n) is 15.9. The molecule has 168 valence electrons. The fourth-order valence-electron chi connectivity index (χ4n) is 0. The van der Waals surface area contributed by atoms with Gasteiger partial charge in [-0.05, 0) is 0 Å². The molecule has 0 aromatic heterocycles. The average molecular weight is 697 g/mol. The molecule has 0 aliphatic rings. The quantitative estimate of drug-likeness (QED) is 0.129. The minimum atomic E-state index is -5.17. The molecule has 0 aliphatic heterocycles. The van der Waals surface area contributed by atoms with Gasteiger partial charge in [-0.2, -0.15) is 0 Å². The largest absolute Gasteiger partial charge is 3.00 e. The molecule has 0 radical (unpaired) electrons. The zero-order chi connectivity index (χ0) is 24.2. The van der Waals surface area contributed by atoms with Crippen LogP contribution in [-0.2, 0) is 44.6 Å². The summed E-state index contributed by atoms with van der Waals surface area (Å²) in [6.45, 7) is 0. The molecular weight excluding hydrogens is 697 g/mol. The molecule has 0 fully saturated rings. The molecule has 0 aliphatic carbocycles. The normalized spacial score (nSPS) is 7.45. The molecule has 21 nitrogen and oxygen atoms in total. The number of hydrogen-bond donors (Lipinski definition) is 0. The Morgan fingerprint density at radius 1 is 0.394 bits per heavy atom. The fraction of sp³-hybridized carbons (Fsp3) is 0. The second-order valence-corrected chi connectivity index (χ2v) is 5.92. The monoisotopic (exact) mass is 696 g/mol.